The van der Waals surface area contributed by atoms with Crippen LogP contribution in [0.15, 0.2) is 22.7 Å². The zero-order valence-corrected chi connectivity index (χ0v) is 13.3. The van der Waals surface area contributed by atoms with Crippen LogP contribution in [0.5, 0.6) is 0 Å². The van der Waals surface area contributed by atoms with Gasteiger partial charge in [0, 0.05) is 11.0 Å². The van der Waals surface area contributed by atoms with Gasteiger partial charge in [-0.15, -0.1) is 0 Å². The summed E-state index contributed by atoms with van der Waals surface area (Å²) in [7, 11) is 0. The third-order valence-electron chi connectivity index (χ3n) is 2.88. The number of nitrogens with one attached hydrogen (secondary N) is 2. The van der Waals surface area contributed by atoms with Gasteiger partial charge in [-0.1, -0.05) is 35.8 Å². The van der Waals surface area contributed by atoms with Crippen LogP contribution in [0.25, 0.3) is 0 Å². The van der Waals surface area contributed by atoms with Crippen molar-refractivity contribution in [2.75, 3.05) is 19.6 Å². The fourth-order valence-electron chi connectivity index (χ4n) is 1.81. The predicted octanol–water partition coefficient (Wildman–Crippen LogP) is 3.48. The molecule has 0 spiro atoms. The molecule has 0 saturated carbocycles. The van der Waals surface area contributed by atoms with E-state index in [4.69, 9.17) is 0 Å². The quantitative estimate of drug-likeness (QED) is 0.718. The fourth-order valence-corrected chi connectivity index (χ4v) is 2.29. The SMILES string of the molecule is Cc1cc(Br)ccc1CNCCCNCC(C)C. The summed E-state index contributed by atoms with van der Waals surface area (Å²) >= 11 is 3.49. The van der Waals surface area contributed by atoms with E-state index in [1.807, 2.05) is 0 Å². The molecule has 0 saturated heterocycles. The Morgan fingerprint density at radius 1 is 1.17 bits per heavy atom. The molecule has 0 unspecified atom stereocenters. The van der Waals surface area contributed by atoms with E-state index in [1.165, 1.54) is 17.5 Å². The first-order valence-corrected chi connectivity index (χ1v) is 7.55. The molecule has 0 amide bonds. The maximum atomic E-state index is 3.49. The normalized spacial score (nSPS) is 11.2. The van der Waals surface area contributed by atoms with Crippen molar-refractivity contribution in [2.45, 2.75) is 33.7 Å². The second kappa shape index (κ2) is 8.68. The van der Waals surface area contributed by atoms with Crippen LogP contribution >= 0.6 is 15.9 Å². The van der Waals surface area contributed by atoms with E-state index in [9.17, 15) is 0 Å². The summed E-state index contributed by atoms with van der Waals surface area (Å²) in [6.45, 7) is 10.9. The van der Waals surface area contributed by atoms with Crippen molar-refractivity contribution in [3.8, 4) is 0 Å². The molecule has 0 fully saturated rings. The standard InChI is InChI=1S/C15H25BrN2/c1-12(2)10-17-7-4-8-18-11-14-5-6-15(16)9-13(14)3/h5-6,9,12,17-18H,4,7-8,10-11H2,1-3H3. The molecule has 0 aliphatic carbocycles. The molecular weight excluding hydrogens is 288 g/mol. The van der Waals surface area contributed by atoms with Gasteiger partial charge in [-0.3, -0.25) is 0 Å². The lowest BCUT2D eigenvalue weighted by Crippen LogP contribution is -2.24. The predicted molar refractivity (Wildman–Crippen MR) is 82.9 cm³/mol. The molecule has 0 atom stereocenters. The first-order chi connectivity index (χ1) is 8.59. The summed E-state index contributed by atoms with van der Waals surface area (Å²) in [5, 5.41) is 6.95. The Morgan fingerprint density at radius 2 is 1.89 bits per heavy atom. The molecule has 0 radical (unpaired) electrons. The van der Waals surface area contributed by atoms with E-state index in [0.717, 1.165) is 36.6 Å². The molecule has 0 heterocycles. The summed E-state index contributed by atoms with van der Waals surface area (Å²) in [6.07, 6.45) is 1.18. The van der Waals surface area contributed by atoms with Gasteiger partial charge >= 0.3 is 0 Å². The van der Waals surface area contributed by atoms with Gasteiger partial charge in [0.2, 0.25) is 0 Å². The maximum absolute atomic E-state index is 3.49. The number of benzene rings is 1. The van der Waals surface area contributed by atoms with E-state index < -0.39 is 0 Å². The van der Waals surface area contributed by atoms with Gasteiger partial charge in [-0.05, 0) is 62.2 Å². The van der Waals surface area contributed by atoms with E-state index >= 15 is 0 Å². The van der Waals surface area contributed by atoms with Crippen LogP contribution in [-0.4, -0.2) is 19.6 Å². The van der Waals surface area contributed by atoms with E-state index in [0.29, 0.717) is 0 Å². The number of aryl methyl sites for hydroxylation is 1. The van der Waals surface area contributed by atoms with E-state index in [2.05, 4.69) is 65.5 Å². The lowest BCUT2D eigenvalue weighted by Gasteiger charge is -2.09. The third kappa shape index (κ3) is 6.53. The minimum Gasteiger partial charge on any atom is -0.316 e. The van der Waals surface area contributed by atoms with Crippen LogP contribution in [0.3, 0.4) is 0 Å². The summed E-state index contributed by atoms with van der Waals surface area (Å²) < 4.78 is 1.15. The van der Waals surface area contributed by atoms with Gasteiger partial charge in [-0.2, -0.15) is 0 Å². The first-order valence-electron chi connectivity index (χ1n) is 6.76. The average molecular weight is 313 g/mol. The third-order valence-corrected chi connectivity index (χ3v) is 3.37. The van der Waals surface area contributed by atoms with Crippen LogP contribution in [0.2, 0.25) is 0 Å². The van der Waals surface area contributed by atoms with Crippen molar-refractivity contribution in [1.29, 1.82) is 0 Å². The molecule has 3 heteroatoms. The van der Waals surface area contributed by atoms with Gasteiger partial charge in [0.25, 0.3) is 0 Å². The molecule has 0 aromatic heterocycles. The molecule has 2 nitrogen and oxygen atoms in total. The Morgan fingerprint density at radius 3 is 2.56 bits per heavy atom. The smallest absolute Gasteiger partial charge is 0.0208 e. The molecule has 0 aliphatic rings. The highest BCUT2D eigenvalue weighted by molar-refractivity contribution is 9.10. The zero-order valence-electron chi connectivity index (χ0n) is 11.7. The maximum Gasteiger partial charge on any atom is 0.0208 e. The minimum absolute atomic E-state index is 0.739. The van der Waals surface area contributed by atoms with Gasteiger partial charge in [-0.25, -0.2) is 0 Å². The van der Waals surface area contributed by atoms with Gasteiger partial charge in [0.05, 0.1) is 0 Å². The highest BCUT2D eigenvalue weighted by Gasteiger charge is 1.98. The summed E-state index contributed by atoms with van der Waals surface area (Å²) in [5.41, 5.74) is 2.73. The minimum atomic E-state index is 0.739. The lowest BCUT2D eigenvalue weighted by atomic mass is 10.1. The van der Waals surface area contributed by atoms with Crippen LogP contribution in [0.1, 0.15) is 31.4 Å². The van der Waals surface area contributed by atoms with Crippen LogP contribution in [0.4, 0.5) is 0 Å². The van der Waals surface area contributed by atoms with Crippen molar-refractivity contribution in [3.05, 3.63) is 33.8 Å². The lowest BCUT2D eigenvalue weighted by molar-refractivity contribution is 0.530. The average Bonchev–Trinajstić information content (AvgIpc) is 2.30. The highest BCUT2D eigenvalue weighted by Crippen LogP contribution is 2.15. The second-order valence-electron chi connectivity index (χ2n) is 5.20. The zero-order chi connectivity index (χ0) is 13.4. The molecule has 102 valence electrons. The van der Waals surface area contributed by atoms with Gasteiger partial charge in [0.1, 0.15) is 0 Å². The molecular formula is C15H25BrN2. The Hall–Kier alpha value is -0.380. The number of hydrogen-bond acceptors (Lipinski definition) is 2. The first kappa shape index (κ1) is 15.7. The molecule has 0 bridgehead atoms. The highest BCUT2D eigenvalue weighted by atomic mass is 79.9. The van der Waals surface area contributed by atoms with Crippen molar-refractivity contribution in [3.63, 3.8) is 0 Å². The Balaban J connectivity index is 2.11. The molecule has 18 heavy (non-hydrogen) atoms. The monoisotopic (exact) mass is 312 g/mol. The van der Waals surface area contributed by atoms with Crippen molar-refractivity contribution in [2.24, 2.45) is 5.92 Å². The molecule has 2 N–H and O–H groups in total. The summed E-state index contributed by atoms with van der Waals surface area (Å²) in [4.78, 5) is 0. The van der Waals surface area contributed by atoms with Crippen LogP contribution < -0.4 is 10.6 Å². The van der Waals surface area contributed by atoms with Crippen molar-refractivity contribution in [1.82, 2.24) is 10.6 Å². The summed E-state index contributed by atoms with van der Waals surface area (Å²) in [5.74, 6) is 0.739. The fraction of sp³-hybridized carbons (Fsp3) is 0.600. The number of rotatable bonds is 8. The number of halogens is 1. The van der Waals surface area contributed by atoms with E-state index in [-0.39, 0.29) is 0 Å². The number of hydrogen-bond donors (Lipinski definition) is 2. The Kier molecular flexibility index (Phi) is 7.56. The Labute approximate surface area is 120 Å². The van der Waals surface area contributed by atoms with Crippen molar-refractivity contribution >= 4 is 15.9 Å². The second-order valence-corrected chi connectivity index (χ2v) is 6.11. The molecule has 1 aromatic rings. The largest absolute Gasteiger partial charge is 0.316 e. The molecule has 1 rings (SSSR count). The Bertz CT molecular complexity index is 350. The van der Waals surface area contributed by atoms with E-state index in [1.54, 1.807) is 0 Å². The topological polar surface area (TPSA) is 24.1 Å². The van der Waals surface area contributed by atoms with Crippen molar-refractivity contribution < 1.29 is 0 Å². The van der Waals surface area contributed by atoms with Gasteiger partial charge < -0.3 is 10.6 Å². The molecule has 1 aromatic carbocycles. The van der Waals surface area contributed by atoms with Gasteiger partial charge in [0.15, 0.2) is 0 Å². The molecule has 0 aliphatic heterocycles. The summed E-state index contributed by atoms with van der Waals surface area (Å²) in [6, 6.07) is 6.46. The van der Waals surface area contributed by atoms with Crippen LogP contribution in [0, 0.1) is 12.8 Å². The van der Waals surface area contributed by atoms with Crippen LogP contribution in [-0.2, 0) is 6.54 Å².